The molecule has 0 aliphatic rings. The van der Waals surface area contributed by atoms with Crippen molar-refractivity contribution in [1.82, 2.24) is 4.98 Å². The molecule has 0 atom stereocenters. The molecule has 0 aliphatic heterocycles. The molecule has 1 heterocycles. The molecule has 16 heavy (non-hydrogen) atoms. The summed E-state index contributed by atoms with van der Waals surface area (Å²) in [5.74, 6) is 0.550. The van der Waals surface area contributed by atoms with Gasteiger partial charge in [0.05, 0.1) is 0 Å². The number of nitrogens with zero attached hydrogens (tertiary/aromatic N) is 1. The Hall–Kier alpha value is -1.25. The van der Waals surface area contributed by atoms with E-state index in [0.717, 1.165) is 17.7 Å². The van der Waals surface area contributed by atoms with E-state index in [9.17, 15) is 0 Å². The van der Waals surface area contributed by atoms with Gasteiger partial charge in [-0.3, -0.25) is 0 Å². The molecule has 0 unspecified atom stereocenters. The predicted octanol–water partition coefficient (Wildman–Crippen LogP) is 2.96. The molecule has 1 rings (SSSR count). The highest BCUT2D eigenvalue weighted by Gasteiger charge is 2.30. The van der Waals surface area contributed by atoms with Crippen molar-refractivity contribution in [3.63, 3.8) is 0 Å². The molecule has 0 fully saturated rings. The molecule has 0 spiro atoms. The van der Waals surface area contributed by atoms with Gasteiger partial charge < -0.3 is 11.5 Å². The van der Waals surface area contributed by atoms with Crippen molar-refractivity contribution in [1.29, 1.82) is 0 Å². The zero-order valence-electron chi connectivity index (χ0n) is 11.0. The van der Waals surface area contributed by atoms with Gasteiger partial charge in [-0.15, -0.1) is 0 Å². The van der Waals surface area contributed by atoms with Crippen molar-refractivity contribution in [2.45, 2.75) is 46.5 Å². The second-order valence-electron chi connectivity index (χ2n) is 6.28. The Morgan fingerprint density at radius 2 is 1.69 bits per heavy atom. The summed E-state index contributed by atoms with van der Waals surface area (Å²) < 4.78 is 0. The van der Waals surface area contributed by atoms with E-state index in [1.165, 1.54) is 0 Å². The fourth-order valence-electron chi connectivity index (χ4n) is 2.65. The summed E-state index contributed by atoms with van der Waals surface area (Å²) in [7, 11) is 0. The van der Waals surface area contributed by atoms with Gasteiger partial charge in [0.25, 0.3) is 0 Å². The molecule has 0 saturated heterocycles. The summed E-state index contributed by atoms with van der Waals surface area (Å²) in [5, 5.41) is 0. The minimum atomic E-state index is -0.0549. The number of rotatable bonds is 2. The Bertz CT molecular complexity index is 355. The predicted molar refractivity (Wildman–Crippen MR) is 70.2 cm³/mol. The Balaban J connectivity index is 3.16. The van der Waals surface area contributed by atoms with Crippen LogP contribution in [-0.2, 0) is 5.41 Å². The van der Waals surface area contributed by atoms with E-state index in [1.807, 2.05) is 6.07 Å². The zero-order chi connectivity index (χ0) is 12.6. The molecule has 0 aromatic carbocycles. The first kappa shape index (κ1) is 12.8. The number of aromatic nitrogens is 1. The molecule has 0 amide bonds. The van der Waals surface area contributed by atoms with E-state index in [-0.39, 0.29) is 10.8 Å². The molecule has 3 heteroatoms. The van der Waals surface area contributed by atoms with E-state index in [2.05, 4.69) is 39.6 Å². The summed E-state index contributed by atoms with van der Waals surface area (Å²) in [6.45, 7) is 11.0. The van der Waals surface area contributed by atoms with Crippen LogP contribution in [0.4, 0.5) is 11.5 Å². The molecule has 0 radical (unpaired) electrons. The van der Waals surface area contributed by atoms with Crippen LogP contribution in [0.3, 0.4) is 0 Å². The Morgan fingerprint density at radius 1 is 1.12 bits per heavy atom. The molecule has 0 aliphatic carbocycles. The molecular formula is C13H23N3. The number of pyridine rings is 1. The number of hydrogen-bond acceptors (Lipinski definition) is 3. The van der Waals surface area contributed by atoms with E-state index in [0.29, 0.717) is 5.82 Å². The van der Waals surface area contributed by atoms with Gasteiger partial charge >= 0.3 is 0 Å². The Kier molecular flexibility index (Phi) is 3.17. The third-order valence-corrected chi connectivity index (χ3v) is 2.66. The molecule has 4 N–H and O–H groups in total. The number of hydrogen-bond donors (Lipinski definition) is 2. The number of anilines is 2. The summed E-state index contributed by atoms with van der Waals surface area (Å²) in [6.07, 6.45) is 2.67. The molecule has 0 saturated carbocycles. The van der Waals surface area contributed by atoms with Gasteiger partial charge in [0.2, 0.25) is 0 Å². The van der Waals surface area contributed by atoms with Gasteiger partial charge in [-0.25, -0.2) is 4.98 Å². The molecular weight excluding hydrogens is 198 g/mol. The monoisotopic (exact) mass is 221 g/mol. The summed E-state index contributed by atoms with van der Waals surface area (Å²) in [4.78, 5) is 4.13. The lowest BCUT2D eigenvalue weighted by Gasteiger charge is -2.34. The third kappa shape index (κ3) is 2.87. The van der Waals surface area contributed by atoms with Crippen LogP contribution in [0.5, 0.6) is 0 Å². The van der Waals surface area contributed by atoms with Gasteiger partial charge in [0.1, 0.15) is 5.82 Å². The quantitative estimate of drug-likeness (QED) is 0.807. The molecule has 0 bridgehead atoms. The van der Waals surface area contributed by atoms with Crippen LogP contribution in [0.25, 0.3) is 0 Å². The van der Waals surface area contributed by atoms with Gasteiger partial charge in [-0.2, -0.15) is 0 Å². The molecule has 90 valence electrons. The van der Waals surface area contributed by atoms with Gasteiger partial charge in [-0.05, 0) is 23.3 Å². The van der Waals surface area contributed by atoms with Crippen molar-refractivity contribution in [2.75, 3.05) is 11.5 Å². The van der Waals surface area contributed by atoms with E-state index in [4.69, 9.17) is 11.5 Å². The van der Waals surface area contributed by atoms with E-state index >= 15 is 0 Å². The van der Waals surface area contributed by atoms with E-state index in [1.54, 1.807) is 6.20 Å². The van der Waals surface area contributed by atoms with Crippen LogP contribution < -0.4 is 11.5 Å². The largest absolute Gasteiger partial charge is 0.398 e. The van der Waals surface area contributed by atoms with Gasteiger partial charge in [0.15, 0.2) is 0 Å². The van der Waals surface area contributed by atoms with Crippen LogP contribution in [0.15, 0.2) is 12.3 Å². The number of nitrogen functional groups attached to an aromatic ring is 2. The lowest BCUT2D eigenvalue weighted by atomic mass is 9.72. The topological polar surface area (TPSA) is 64.9 Å². The van der Waals surface area contributed by atoms with Crippen molar-refractivity contribution in [3.8, 4) is 0 Å². The fourth-order valence-corrected chi connectivity index (χ4v) is 2.65. The van der Waals surface area contributed by atoms with Crippen LogP contribution in [0, 0.1) is 5.41 Å². The minimum Gasteiger partial charge on any atom is -0.398 e. The molecule has 1 aromatic heterocycles. The average Bonchev–Trinajstić information content (AvgIpc) is 1.97. The number of nitrogens with two attached hydrogens (primary N) is 2. The average molecular weight is 221 g/mol. The maximum Gasteiger partial charge on any atom is 0.129 e. The lowest BCUT2D eigenvalue weighted by Crippen LogP contribution is -2.27. The maximum absolute atomic E-state index is 6.01. The highest BCUT2D eigenvalue weighted by Crippen LogP contribution is 2.40. The zero-order valence-corrected chi connectivity index (χ0v) is 11.0. The van der Waals surface area contributed by atoms with Crippen molar-refractivity contribution in [2.24, 2.45) is 5.41 Å². The van der Waals surface area contributed by atoms with Crippen LogP contribution in [-0.4, -0.2) is 4.98 Å². The van der Waals surface area contributed by atoms with E-state index < -0.39 is 0 Å². The second-order valence-corrected chi connectivity index (χ2v) is 6.28. The highest BCUT2D eigenvalue weighted by molar-refractivity contribution is 5.60. The molecule has 3 nitrogen and oxygen atoms in total. The maximum atomic E-state index is 6.01. The standard InChI is InChI=1S/C13H23N3/c1-12(2,3)8-13(4,5)10-9(14)6-7-16-11(10)15/h6-7H,8H2,1-5H3,(H4,14,15,16). The highest BCUT2D eigenvalue weighted by atomic mass is 14.8. The summed E-state index contributed by atoms with van der Waals surface area (Å²) in [5.41, 5.74) is 13.8. The first-order valence-corrected chi connectivity index (χ1v) is 5.64. The normalized spacial score (nSPS) is 12.8. The SMILES string of the molecule is CC(C)(C)CC(C)(C)c1c(N)ccnc1N. The van der Waals surface area contributed by atoms with Gasteiger partial charge in [-0.1, -0.05) is 34.6 Å². The van der Waals surface area contributed by atoms with Gasteiger partial charge in [0, 0.05) is 17.4 Å². The lowest BCUT2D eigenvalue weighted by molar-refractivity contribution is 0.285. The van der Waals surface area contributed by atoms with Crippen LogP contribution >= 0.6 is 0 Å². The first-order valence-electron chi connectivity index (χ1n) is 5.64. The Morgan fingerprint density at radius 3 is 2.12 bits per heavy atom. The Labute approximate surface area is 98.3 Å². The fraction of sp³-hybridized carbons (Fsp3) is 0.615. The smallest absolute Gasteiger partial charge is 0.129 e. The first-order chi connectivity index (χ1) is 7.13. The van der Waals surface area contributed by atoms with Crippen LogP contribution in [0.2, 0.25) is 0 Å². The van der Waals surface area contributed by atoms with Crippen molar-refractivity contribution in [3.05, 3.63) is 17.8 Å². The summed E-state index contributed by atoms with van der Waals surface area (Å²) >= 11 is 0. The minimum absolute atomic E-state index is 0.0549. The molecule has 1 aromatic rings. The summed E-state index contributed by atoms with van der Waals surface area (Å²) in [6, 6.07) is 1.82. The van der Waals surface area contributed by atoms with Crippen LogP contribution in [0.1, 0.15) is 46.6 Å². The van der Waals surface area contributed by atoms with Crippen molar-refractivity contribution < 1.29 is 0 Å². The second kappa shape index (κ2) is 3.96. The third-order valence-electron chi connectivity index (χ3n) is 2.66. The van der Waals surface area contributed by atoms with Crippen molar-refractivity contribution >= 4 is 11.5 Å².